The van der Waals surface area contributed by atoms with Crippen molar-refractivity contribution in [3.63, 3.8) is 0 Å². The van der Waals surface area contributed by atoms with Crippen LogP contribution in [0, 0.1) is 0 Å². The van der Waals surface area contributed by atoms with Crippen LogP contribution in [0.1, 0.15) is 24.2 Å². The second-order valence-corrected chi connectivity index (χ2v) is 4.83. The van der Waals surface area contributed by atoms with E-state index in [1.807, 2.05) is 25.1 Å². The molecule has 0 spiro atoms. The minimum atomic E-state index is -1.29. The van der Waals surface area contributed by atoms with Gasteiger partial charge >= 0.3 is 5.97 Å². The summed E-state index contributed by atoms with van der Waals surface area (Å²) in [6.07, 6.45) is 0. The molecule has 5 nitrogen and oxygen atoms in total. The molecule has 0 bridgehead atoms. The van der Waals surface area contributed by atoms with Crippen LogP contribution in [0.3, 0.4) is 0 Å². The van der Waals surface area contributed by atoms with E-state index in [1.165, 1.54) is 13.8 Å². The lowest BCUT2D eigenvalue weighted by atomic mass is 10.0. The molecule has 1 aromatic carbocycles. The van der Waals surface area contributed by atoms with E-state index in [4.69, 9.17) is 5.11 Å². The third-order valence-electron chi connectivity index (χ3n) is 2.59. The van der Waals surface area contributed by atoms with Gasteiger partial charge in [-0.1, -0.05) is 6.07 Å². The molecule has 2 N–H and O–H groups in total. The van der Waals surface area contributed by atoms with Gasteiger partial charge in [0.25, 0.3) is 5.91 Å². The number of hydrogen-bond acceptors (Lipinski definition) is 3. The molecule has 0 aliphatic rings. The van der Waals surface area contributed by atoms with E-state index in [2.05, 4.69) is 5.32 Å². The fourth-order valence-electron chi connectivity index (χ4n) is 1.33. The Labute approximate surface area is 106 Å². The van der Waals surface area contributed by atoms with Gasteiger partial charge in [0.05, 0.1) is 0 Å². The first-order chi connectivity index (χ1) is 8.24. The van der Waals surface area contributed by atoms with Crippen LogP contribution in [0.5, 0.6) is 0 Å². The number of amides is 1. The average molecular weight is 250 g/mol. The van der Waals surface area contributed by atoms with Crippen molar-refractivity contribution in [2.45, 2.75) is 19.4 Å². The number of carboxylic acids is 1. The molecule has 0 saturated carbocycles. The SMILES string of the molecule is CN(C)c1cccc(C(=O)NC(C)(C)C(=O)O)c1. The van der Waals surface area contributed by atoms with Gasteiger partial charge in [-0.15, -0.1) is 0 Å². The van der Waals surface area contributed by atoms with E-state index in [-0.39, 0.29) is 0 Å². The van der Waals surface area contributed by atoms with Crippen molar-refractivity contribution in [1.82, 2.24) is 5.32 Å². The number of nitrogens with one attached hydrogen (secondary N) is 1. The van der Waals surface area contributed by atoms with Crippen molar-refractivity contribution in [3.05, 3.63) is 29.8 Å². The molecule has 0 fully saturated rings. The highest BCUT2D eigenvalue weighted by molar-refractivity contribution is 5.98. The van der Waals surface area contributed by atoms with E-state index in [9.17, 15) is 9.59 Å². The Bertz CT molecular complexity index is 467. The van der Waals surface area contributed by atoms with Crippen LogP contribution in [0.2, 0.25) is 0 Å². The topological polar surface area (TPSA) is 69.6 Å². The number of benzene rings is 1. The van der Waals surface area contributed by atoms with Crippen molar-refractivity contribution >= 4 is 17.6 Å². The molecular formula is C13H18N2O3. The molecule has 0 radical (unpaired) electrons. The molecule has 98 valence electrons. The molecule has 1 amide bonds. The summed E-state index contributed by atoms with van der Waals surface area (Å²) in [6, 6.07) is 7.00. The van der Waals surface area contributed by atoms with Crippen LogP contribution in [-0.2, 0) is 4.79 Å². The van der Waals surface area contributed by atoms with Gasteiger partial charge in [0.2, 0.25) is 0 Å². The maximum absolute atomic E-state index is 11.9. The van der Waals surface area contributed by atoms with Crippen molar-refractivity contribution in [3.8, 4) is 0 Å². The van der Waals surface area contributed by atoms with Crippen molar-refractivity contribution in [2.24, 2.45) is 0 Å². The molecule has 1 rings (SSSR count). The third kappa shape index (κ3) is 3.23. The van der Waals surface area contributed by atoms with Gasteiger partial charge in [0.1, 0.15) is 5.54 Å². The van der Waals surface area contributed by atoms with Crippen molar-refractivity contribution < 1.29 is 14.7 Å². The van der Waals surface area contributed by atoms with Gasteiger partial charge in [0, 0.05) is 25.3 Å². The van der Waals surface area contributed by atoms with E-state index in [1.54, 1.807) is 18.2 Å². The van der Waals surface area contributed by atoms with Crippen molar-refractivity contribution in [1.29, 1.82) is 0 Å². The molecule has 1 aromatic rings. The molecule has 0 aromatic heterocycles. The van der Waals surface area contributed by atoms with E-state index < -0.39 is 17.4 Å². The average Bonchev–Trinajstić information content (AvgIpc) is 2.28. The van der Waals surface area contributed by atoms with Crippen LogP contribution >= 0.6 is 0 Å². The molecular weight excluding hydrogens is 232 g/mol. The summed E-state index contributed by atoms with van der Waals surface area (Å²) < 4.78 is 0. The van der Waals surface area contributed by atoms with Gasteiger partial charge in [-0.3, -0.25) is 4.79 Å². The van der Waals surface area contributed by atoms with Crippen LogP contribution < -0.4 is 10.2 Å². The highest BCUT2D eigenvalue weighted by Gasteiger charge is 2.29. The van der Waals surface area contributed by atoms with Gasteiger partial charge in [-0.25, -0.2) is 4.79 Å². The molecule has 0 atom stereocenters. The predicted molar refractivity (Wildman–Crippen MR) is 70.0 cm³/mol. The van der Waals surface area contributed by atoms with Gasteiger partial charge < -0.3 is 15.3 Å². The monoisotopic (exact) mass is 250 g/mol. The number of carboxylic acid groups (broad SMARTS) is 1. The lowest BCUT2D eigenvalue weighted by molar-refractivity contribution is -0.143. The van der Waals surface area contributed by atoms with Crippen LogP contribution in [0.4, 0.5) is 5.69 Å². The number of hydrogen-bond donors (Lipinski definition) is 2. The van der Waals surface area contributed by atoms with E-state index >= 15 is 0 Å². The molecule has 0 aliphatic heterocycles. The third-order valence-corrected chi connectivity index (χ3v) is 2.59. The largest absolute Gasteiger partial charge is 0.480 e. The molecule has 18 heavy (non-hydrogen) atoms. The van der Waals surface area contributed by atoms with Crippen LogP contribution in [0.25, 0.3) is 0 Å². The van der Waals surface area contributed by atoms with Gasteiger partial charge in [0.15, 0.2) is 0 Å². The Hall–Kier alpha value is -2.04. The number of aliphatic carboxylic acids is 1. The van der Waals surface area contributed by atoms with Crippen LogP contribution in [-0.4, -0.2) is 36.6 Å². The first kappa shape index (κ1) is 14.0. The lowest BCUT2D eigenvalue weighted by Gasteiger charge is -2.21. The van der Waals surface area contributed by atoms with Crippen molar-refractivity contribution in [2.75, 3.05) is 19.0 Å². The van der Waals surface area contributed by atoms with E-state index in [0.29, 0.717) is 5.56 Å². The first-order valence-corrected chi connectivity index (χ1v) is 5.57. The number of carbonyl (C=O) groups excluding carboxylic acids is 1. The number of anilines is 1. The minimum Gasteiger partial charge on any atom is -0.480 e. The molecule has 0 heterocycles. The summed E-state index contributed by atoms with van der Waals surface area (Å²) in [5, 5.41) is 11.4. The second kappa shape index (κ2) is 5.08. The Kier molecular flexibility index (Phi) is 3.96. The van der Waals surface area contributed by atoms with Crippen LogP contribution in [0.15, 0.2) is 24.3 Å². The zero-order chi connectivity index (χ0) is 13.9. The Morgan fingerprint density at radius 2 is 1.89 bits per heavy atom. The molecule has 0 unspecified atom stereocenters. The fourth-order valence-corrected chi connectivity index (χ4v) is 1.33. The van der Waals surface area contributed by atoms with Gasteiger partial charge in [-0.2, -0.15) is 0 Å². The number of carbonyl (C=O) groups is 2. The highest BCUT2D eigenvalue weighted by atomic mass is 16.4. The molecule has 0 saturated heterocycles. The lowest BCUT2D eigenvalue weighted by Crippen LogP contribution is -2.49. The maximum Gasteiger partial charge on any atom is 0.328 e. The standard InChI is InChI=1S/C13H18N2O3/c1-13(2,12(17)18)14-11(16)9-6-5-7-10(8-9)15(3)4/h5-8H,1-4H3,(H,14,16)(H,17,18). The Morgan fingerprint density at radius 1 is 1.28 bits per heavy atom. The summed E-state index contributed by atoms with van der Waals surface area (Å²) in [4.78, 5) is 24.8. The molecule has 0 aliphatic carbocycles. The summed E-state index contributed by atoms with van der Waals surface area (Å²) in [5.74, 6) is -1.47. The highest BCUT2D eigenvalue weighted by Crippen LogP contribution is 2.14. The summed E-state index contributed by atoms with van der Waals surface area (Å²) in [5.41, 5.74) is 0.0388. The fraction of sp³-hybridized carbons (Fsp3) is 0.385. The maximum atomic E-state index is 11.9. The normalized spacial score (nSPS) is 10.9. The zero-order valence-electron chi connectivity index (χ0n) is 11.0. The first-order valence-electron chi connectivity index (χ1n) is 5.57. The summed E-state index contributed by atoms with van der Waals surface area (Å²) >= 11 is 0. The second-order valence-electron chi connectivity index (χ2n) is 4.83. The smallest absolute Gasteiger partial charge is 0.328 e. The quantitative estimate of drug-likeness (QED) is 0.846. The Balaban J connectivity index is 2.91. The summed E-state index contributed by atoms with van der Waals surface area (Å²) in [6.45, 7) is 2.89. The molecule has 5 heteroatoms. The van der Waals surface area contributed by atoms with Gasteiger partial charge in [-0.05, 0) is 32.0 Å². The Morgan fingerprint density at radius 3 is 2.39 bits per heavy atom. The summed E-state index contributed by atoms with van der Waals surface area (Å²) in [7, 11) is 3.75. The predicted octanol–water partition coefficient (Wildman–Crippen LogP) is 1.35. The zero-order valence-corrected chi connectivity index (χ0v) is 11.0. The van der Waals surface area contributed by atoms with E-state index in [0.717, 1.165) is 5.69 Å². The minimum absolute atomic E-state index is 0.397. The number of nitrogens with zero attached hydrogens (tertiary/aromatic N) is 1. The number of rotatable bonds is 4.